The van der Waals surface area contributed by atoms with Crippen molar-refractivity contribution in [3.05, 3.63) is 60.2 Å². The van der Waals surface area contributed by atoms with Crippen LogP contribution in [0.15, 0.2) is 54.6 Å². The maximum atomic E-state index is 10.1. The number of aliphatic hydroxyl groups is 1. The molecule has 0 aliphatic carbocycles. The van der Waals surface area contributed by atoms with Gasteiger partial charge in [0.15, 0.2) is 0 Å². The van der Waals surface area contributed by atoms with E-state index in [-0.39, 0.29) is 5.92 Å². The van der Waals surface area contributed by atoms with E-state index in [0.29, 0.717) is 5.92 Å². The van der Waals surface area contributed by atoms with E-state index in [1.807, 2.05) is 19.9 Å². The molecule has 0 aliphatic heterocycles. The van der Waals surface area contributed by atoms with Gasteiger partial charge in [0.2, 0.25) is 0 Å². The van der Waals surface area contributed by atoms with Crippen molar-refractivity contribution in [1.29, 1.82) is 0 Å². The van der Waals surface area contributed by atoms with Crippen LogP contribution in [0.25, 0.3) is 0 Å². The van der Waals surface area contributed by atoms with E-state index in [2.05, 4.69) is 43.8 Å². The summed E-state index contributed by atoms with van der Waals surface area (Å²) in [7, 11) is 0. The molecule has 1 aromatic carbocycles. The first-order valence-electron chi connectivity index (χ1n) is 7.07. The van der Waals surface area contributed by atoms with Gasteiger partial charge in [-0.15, -0.1) is 6.58 Å². The van der Waals surface area contributed by atoms with Crippen LogP contribution in [-0.2, 0) is 6.42 Å². The summed E-state index contributed by atoms with van der Waals surface area (Å²) in [5, 5.41) is 10.1. The van der Waals surface area contributed by atoms with Gasteiger partial charge in [-0.1, -0.05) is 56.3 Å². The van der Waals surface area contributed by atoms with Gasteiger partial charge in [-0.05, 0) is 36.8 Å². The van der Waals surface area contributed by atoms with Crippen LogP contribution >= 0.6 is 0 Å². The molecule has 0 saturated heterocycles. The predicted octanol–water partition coefficient (Wildman–Crippen LogP) is 4.38. The van der Waals surface area contributed by atoms with Crippen LogP contribution in [0.5, 0.6) is 0 Å². The lowest BCUT2D eigenvalue weighted by atomic mass is 9.93. The second-order valence-electron chi connectivity index (χ2n) is 5.45. The molecule has 0 unspecified atom stereocenters. The summed E-state index contributed by atoms with van der Waals surface area (Å²) in [5.41, 5.74) is 2.42. The largest absolute Gasteiger partial charge is 0.388 e. The Morgan fingerprint density at radius 2 is 1.89 bits per heavy atom. The fourth-order valence-corrected chi connectivity index (χ4v) is 2.21. The Hall–Kier alpha value is -1.34. The number of rotatable bonds is 7. The number of hydrogen-bond donors (Lipinski definition) is 1. The first-order valence-corrected chi connectivity index (χ1v) is 7.07. The third-order valence-electron chi connectivity index (χ3n) is 3.61. The highest BCUT2D eigenvalue weighted by Gasteiger charge is 2.13. The van der Waals surface area contributed by atoms with Gasteiger partial charge in [0.25, 0.3) is 0 Å². The van der Waals surface area contributed by atoms with Crippen molar-refractivity contribution in [2.75, 3.05) is 0 Å². The van der Waals surface area contributed by atoms with Gasteiger partial charge in [-0.3, -0.25) is 0 Å². The minimum atomic E-state index is -0.406. The van der Waals surface area contributed by atoms with Crippen LogP contribution in [0.3, 0.4) is 0 Å². The lowest BCUT2D eigenvalue weighted by Crippen LogP contribution is -2.17. The highest BCUT2D eigenvalue weighted by atomic mass is 16.3. The molecular weight excluding hydrogens is 232 g/mol. The molecule has 0 aliphatic rings. The van der Waals surface area contributed by atoms with E-state index >= 15 is 0 Å². The van der Waals surface area contributed by atoms with Crippen molar-refractivity contribution in [3.63, 3.8) is 0 Å². The maximum Gasteiger partial charge on any atom is 0.0807 e. The van der Waals surface area contributed by atoms with Gasteiger partial charge in [0.05, 0.1) is 6.10 Å². The van der Waals surface area contributed by atoms with E-state index in [9.17, 15) is 5.11 Å². The summed E-state index contributed by atoms with van der Waals surface area (Å²) in [6, 6.07) is 10.5. The summed E-state index contributed by atoms with van der Waals surface area (Å²) in [6.45, 7) is 9.93. The Morgan fingerprint density at radius 3 is 2.47 bits per heavy atom. The Balaban J connectivity index is 2.49. The molecule has 1 aromatic rings. The number of allylic oxidation sites excluding steroid dienone is 1. The maximum absolute atomic E-state index is 10.1. The Kier molecular flexibility index (Phi) is 6.58. The smallest absolute Gasteiger partial charge is 0.0807 e. The molecule has 1 rings (SSSR count). The number of hydrogen-bond acceptors (Lipinski definition) is 1. The molecule has 0 bridgehead atoms. The van der Waals surface area contributed by atoms with Crippen LogP contribution < -0.4 is 0 Å². The highest BCUT2D eigenvalue weighted by molar-refractivity contribution is 5.15. The Labute approximate surface area is 117 Å². The standard InChI is InChI=1S/C18H26O/c1-5-15(3)18(19)16(4)13-14(2)11-12-17-9-7-6-8-10-17/h5-10,13-15,18-19H,1,11-12H2,2-4H3/b16-13+/t14-,15+,18+/m0/s1. The van der Waals surface area contributed by atoms with Gasteiger partial charge in [0, 0.05) is 5.92 Å². The Morgan fingerprint density at radius 1 is 1.26 bits per heavy atom. The molecule has 1 N–H and O–H groups in total. The molecule has 0 saturated carbocycles. The fourth-order valence-electron chi connectivity index (χ4n) is 2.21. The normalized spacial score (nSPS) is 16.7. The van der Waals surface area contributed by atoms with Crippen molar-refractivity contribution in [3.8, 4) is 0 Å². The topological polar surface area (TPSA) is 20.2 Å². The summed E-state index contributed by atoms with van der Waals surface area (Å²) in [4.78, 5) is 0. The van der Waals surface area contributed by atoms with Crippen molar-refractivity contribution in [2.24, 2.45) is 11.8 Å². The minimum Gasteiger partial charge on any atom is -0.388 e. The summed E-state index contributed by atoms with van der Waals surface area (Å²) in [6.07, 6.45) is 5.77. The van der Waals surface area contributed by atoms with E-state index in [4.69, 9.17) is 0 Å². The molecule has 0 fully saturated rings. The monoisotopic (exact) mass is 258 g/mol. The summed E-state index contributed by atoms with van der Waals surface area (Å²) in [5.74, 6) is 0.587. The molecule has 1 heteroatoms. The molecule has 0 radical (unpaired) electrons. The molecule has 0 aromatic heterocycles. The third kappa shape index (κ3) is 5.44. The van der Waals surface area contributed by atoms with Crippen LogP contribution in [0.2, 0.25) is 0 Å². The predicted molar refractivity (Wildman–Crippen MR) is 83.1 cm³/mol. The highest BCUT2D eigenvalue weighted by Crippen LogP contribution is 2.18. The second-order valence-corrected chi connectivity index (χ2v) is 5.45. The molecule has 0 amide bonds. The lowest BCUT2D eigenvalue weighted by Gasteiger charge is -2.17. The zero-order chi connectivity index (χ0) is 14.3. The second kappa shape index (κ2) is 7.96. The third-order valence-corrected chi connectivity index (χ3v) is 3.61. The average Bonchev–Trinajstić information content (AvgIpc) is 2.44. The van der Waals surface area contributed by atoms with E-state index in [1.54, 1.807) is 6.08 Å². The first kappa shape index (κ1) is 15.7. The van der Waals surface area contributed by atoms with E-state index in [1.165, 1.54) is 5.56 Å². The minimum absolute atomic E-state index is 0.109. The number of aliphatic hydroxyl groups excluding tert-OH is 1. The Bertz CT molecular complexity index is 405. The molecule has 19 heavy (non-hydrogen) atoms. The van der Waals surface area contributed by atoms with Gasteiger partial charge in [-0.25, -0.2) is 0 Å². The van der Waals surface area contributed by atoms with Crippen molar-refractivity contribution >= 4 is 0 Å². The van der Waals surface area contributed by atoms with E-state index < -0.39 is 6.10 Å². The summed E-state index contributed by atoms with van der Waals surface area (Å²) < 4.78 is 0. The zero-order valence-electron chi connectivity index (χ0n) is 12.3. The quantitative estimate of drug-likeness (QED) is 0.719. The number of aryl methyl sites for hydroxylation is 1. The van der Waals surface area contributed by atoms with Gasteiger partial charge >= 0.3 is 0 Å². The summed E-state index contributed by atoms with van der Waals surface area (Å²) >= 11 is 0. The molecule has 104 valence electrons. The van der Waals surface area contributed by atoms with Gasteiger partial charge < -0.3 is 5.11 Å². The van der Waals surface area contributed by atoms with Gasteiger partial charge in [-0.2, -0.15) is 0 Å². The SMILES string of the molecule is C=C[C@@H](C)[C@@H](O)/C(C)=C/[C@@H](C)CCc1ccccc1. The van der Waals surface area contributed by atoms with E-state index in [0.717, 1.165) is 18.4 Å². The average molecular weight is 258 g/mol. The number of benzene rings is 1. The van der Waals surface area contributed by atoms with Crippen LogP contribution in [0.4, 0.5) is 0 Å². The van der Waals surface area contributed by atoms with Gasteiger partial charge in [0.1, 0.15) is 0 Å². The van der Waals surface area contributed by atoms with Crippen LogP contribution in [0, 0.1) is 11.8 Å². The molecule has 3 atom stereocenters. The van der Waals surface area contributed by atoms with Crippen molar-refractivity contribution in [1.82, 2.24) is 0 Å². The zero-order valence-corrected chi connectivity index (χ0v) is 12.3. The van der Waals surface area contributed by atoms with Crippen molar-refractivity contribution in [2.45, 2.75) is 39.7 Å². The molecule has 0 heterocycles. The molecular formula is C18H26O. The first-order chi connectivity index (χ1) is 9.04. The molecule has 0 spiro atoms. The van der Waals surface area contributed by atoms with Crippen molar-refractivity contribution < 1.29 is 5.11 Å². The molecule has 1 nitrogen and oxygen atoms in total. The fraction of sp³-hybridized carbons (Fsp3) is 0.444. The van der Waals surface area contributed by atoms with Crippen LogP contribution in [-0.4, -0.2) is 11.2 Å². The lowest BCUT2D eigenvalue weighted by molar-refractivity contribution is 0.172. The van der Waals surface area contributed by atoms with Crippen LogP contribution in [0.1, 0.15) is 32.8 Å².